The maximum atomic E-state index is 12.6. The lowest BCUT2D eigenvalue weighted by Crippen LogP contribution is -2.48. The van der Waals surface area contributed by atoms with Gasteiger partial charge >= 0.3 is 5.97 Å². The van der Waals surface area contributed by atoms with Crippen molar-refractivity contribution in [3.05, 3.63) is 16.1 Å². The molecule has 2 rings (SSSR count). The predicted octanol–water partition coefficient (Wildman–Crippen LogP) is 2.65. The molecule has 0 N–H and O–H groups in total. The second-order valence-electron chi connectivity index (χ2n) is 5.14. The zero-order valence-corrected chi connectivity index (χ0v) is 13.4. The molecule has 1 aromatic heterocycles. The molecule has 0 spiro atoms. The van der Waals surface area contributed by atoms with Crippen LogP contribution in [0, 0.1) is 0 Å². The Balaban J connectivity index is 2.12. The van der Waals surface area contributed by atoms with Gasteiger partial charge in [-0.3, -0.25) is 4.79 Å². The molecule has 1 atom stereocenters. The van der Waals surface area contributed by atoms with Crippen LogP contribution in [0.1, 0.15) is 55.0 Å². The summed E-state index contributed by atoms with van der Waals surface area (Å²) in [5.41, 5.74) is 0.458. The van der Waals surface area contributed by atoms with Gasteiger partial charge in [0.05, 0.1) is 11.6 Å². The minimum Gasteiger partial charge on any atom is -0.464 e. The predicted molar refractivity (Wildman–Crippen MR) is 81.4 cm³/mol. The van der Waals surface area contributed by atoms with E-state index < -0.39 is 6.04 Å². The normalized spacial score (nSPS) is 18.6. The molecule has 2 heterocycles. The second kappa shape index (κ2) is 7.54. The van der Waals surface area contributed by atoms with E-state index in [1.54, 1.807) is 17.2 Å². The number of piperidine rings is 1. The maximum absolute atomic E-state index is 12.6. The fourth-order valence-electron chi connectivity index (χ4n) is 2.54. The highest BCUT2D eigenvalue weighted by molar-refractivity contribution is 7.09. The van der Waals surface area contributed by atoms with Gasteiger partial charge in [-0.15, -0.1) is 11.3 Å². The van der Waals surface area contributed by atoms with Gasteiger partial charge in [0.15, 0.2) is 0 Å². The minimum atomic E-state index is -0.456. The smallest absolute Gasteiger partial charge is 0.328 e. The van der Waals surface area contributed by atoms with E-state index in [0.717, 1.165) is 30.7 Å². The summed E-state index contributed by atoms with van der Waals surface area (Å²) in [7, 11) is 0. The van der Waals surface area contributed by atoms with E-state index in [0.29, 0.717) is 25.3 Å². The van der Waals surface area contributed by atoms with Gasteiger partial charge in [-0.1, -0.05) is 6.92 Å². The van der Waals surface area contributed by atoms with Crippen LogP contribution in [0.5, 0.6) is 0 Å². The Hall–Kier alpha value is -1.43. The van der Waals surface area contributed by atoms with E-state index in [2.05, 4.69) is 11.9 Å². The largest absolute Gasteiger partial charge is 0.464 e. The fraction of sp³-hybridized carbons (Fsp3) is 0.667. The van der Waals surface area contributed by atoms with Crippen LogP contribution in [0.2, 0.25) is 0 Å². The highest BCUT2D eigenvalue weighted by Crippen LogP contribution is 2.22. The summed E-state index contributed by atoms with van der Waals surface area (Å²) < 4.78 is 5.09. The van der Waals surface area contributed by atoms with Crippen LogP contribution in [0.25, 0.3) is 0 Å². The fourth-order valence-corrected chi connectivity index (χ4v) is 3.42. The van der Waals surface area contributed by atoms with Crippen molar-refractivity contribution in [1.82, 2.24) is 9.88 Å². The number of likely N-dealkylation sites (tertiary alicyclic amines) is 1. The zero-order chi connectivity index (χ0) is 15.2. The molecule has 6 heteroatoms. The molecule has 0 aliphatic carbocycles. The van der Waals surface area contributed by atoms with Crippen molar-refractivity contribution in [2.45, 2.75) is 52.0 Å². The van der Waals surface area contributed by atoms with Gasteiger partial charge in [-0.25, -0.2) is 9.78 Å². The van der Waals surface area contributed by atoms with Crippen molar-refractivity contribution in [2.24, 2.45) is 0 Å². The highest BCUT2D eigenvalue weighted by atomic mass is 32.1. The Bertz CT molecular complexity index is 501. The van der Waals surface area contributed by atoms with E-state index in [-0.39, 0.29) is 11.9 Å². The Morgan fingerprint density at radius 3 is 2.95 bits per heavy atom. The van der Waals surface area contributed by atoms with Gasteiger partial charge in [0.25, 0.3) is 5.91 Å². The van der Waals surface area contributed by atoms with Crippen LogP contribution in [0.15, 0.2) is 5.38 Å². The Morgan fingerprint density at radius 2 is 2.24 bits per heavy atom. The number of thiazole rings is 1. The van der Waals surface area contributed by atoms with Crippen LogP contribution in [0.3, 0.4) is 0 Å². The SMILES string of the molecule is CCCc1nc(C(=O)N2CCCC[C@H]2C(=O)OCC)cs1. The van der Waals surface area contributed by atoms with Crippen LogP contribution in [0.4, 0.5) is 0 Å². The average Bonchev–Trinajstić information content (AvgIpc) is 2.96. The second-order valence-corrected chi connectivity index (χ2v) is 6.08. The summed E-state index contributed by atoms with van der Waals surface area (Å²) in [5, 5.41) is 2.77. The number of rotatable bonds is 5. The van der Waals surface area contributed by atoms with Crippen LogP contribution < -0.4 is 0 Å². The van der Waals surface area contributed by atoms with E-state index >= 15 is 0 Å². The minimum absolute atomic E-state index is 0.147. The molecule has 1 aliphatic rings. The van der Waals surface area contributed by atoms with Gasteiger partial charge in [-0.2, -0.15) is 0 Å². The molecular formula is C15H22N2O3S. The van der Waals surface area contributed by atoms with Crippen molar-refractivity contribution in [3.8, 4) is 0 Å². The lowest BCUT2D eigenvalue weighted by Gasteiger charge is -2.33. The third-order valence-corrected chi connectivity index (χ3v) is 4.47. The van der Waals surface area contributed by atoms with E-state index in [1.165, 1.54) is 11.3 Å². The number of amides is 1. The zero-order valence-electron chi connectivity index (χ0n) is 12.6. The van der Waals surface area contributed by atoms with Crippen molar-refractivity contribution < 1.29 is 14.3 Å². The molecule has 0 unspecified atom stereocenters. The van der Waals surface area contributed by atoms with Crippen molar-refractivity contribution in [2.75, 3.05) is 13.2 Å². The first-order valence-corrected chi connectivity index (χ1v) is 8.47. The number of carbonyl (C=O) groups excluding carboxylic acids is 2. The molecule has 5 nitrogen and oxygen atoms in total. The summed E-state index contributed by atoms with van der Waals surface area (Å²) in [4.78, 5) is 30.6. The number of carbonyl (C=O) groups is 2. The molecule has 1 amide bonds. The standard InChI is InChI=1S/C15H22N2O3S/c1-3-7-13-16-11(10-21-13)14(18)17-9-6-5-8-12(17)15(19)20-4-2/h10,12H,3-9H2,1-2H3/t12-/m0/s1. The van der Waals surface area contributed by atoms with Gasteiger partial charge in [0.1, 0.15) is 11.7 Å². The van der Waals surface area contributed by atoms with Gasteiger partial charge in [0, 0.05) is 11.9 Å². The van der Waals surface area contributed by atoms with Gasteiger partial charge in [0.2, 0.25) is 0 Å². The molecule has 116 valence electrons. The summed E-state index contributed by atoms with van der Waals surface area (Å²) in [6, 6.07) is -0.456. The number of ether oxygens (including phenoxy) is 1. The lowest BCUT2D eigenvalue weighted by atomic mass is 10.0. The van der Waals surface area contributed by atoms with Crippen LogP contribution in [-0.4, -0.2) is 41.0 Å². The number of hydrogen-bond donors (Lipinski definition) is 0. The Kier molecular flexibility index (Phi) is 5.73. The molecule has 0 bridgehead atoms. The molecule has 0 radical (unpaired) electrons. The first kappa shape index (κ1) is 15.9. The summed E-state index contributed by atoms with van der Waals surface area (Å²) in [6.07, 6.45) is 4.45. The Morgan fingerprint density at radius 1 is 1.43 bits per heavy atom. The van der Waals surface area contributed by atoms with Gasteiger partial charge < -0.3 is 9.64 Å². The first-order valence-electron chi connectivity index (χ1n) is 7.59. The van der Waals surface area contributed by atoms with Crippen molar-refractivity contribution in [1.29, 1.82) is 0 Å². The third-order valence-electron chi connectivity index (χ3n) is 3.56. The summed E-state index contributed by atoms with van der Waals surface area (Å²) in [5.74, 6) is -0.444. The van der Waals surface area contributed by atoms with Gasteiger partial charge in [-0.05, 0) is 39.0 Å². The summed E-state index contributed by atoms with van der Waals surface area (Å²) in [6.45, 7) is 4.81. The third kappa shape index (κ3) is 3.81. The molecule has 0 aromatic carbocycles. The molecule has 1 aromatic rings. The number of aryl methyl sites for hydroxylation is 1. The molecular weight excluding hydrogens is 288 g/mol. The van der Waals surface area contributed by atoms with Crippen molar-refractivity contribution >= 4 is 23.2 Å². The van der Waals surface area contributed by atoms with E-state index in [1.807, 2.05) is 0 Å². The molecule has 1 aliphatic heterocycles. The van der Waals surface area contributed by atoms with E-state index in [4.69, 9.17) is 4.74 Å². The number of nitrogens with zero attached hydrogens (tertiary/aromatic N) is 2. The number of hydrogen-bond acceptors (Lipinski definition) is 5. The number of aromatic nitrogens is 1. The van der Waals surface area contributed by atoms with Crippen LogP contribution >= 0.6 is 11.3 Å². The molecule has 21 heavy (non-hydrogen) atoms. The summed E-state index contributed by atoms with van der Waals surface area (Å²) >= 11 is 1.51. The highest BCUT2D eigenvalue weighted by Gasteiger charge is 2.34. The topological polar surface area (TPSA) is 59.5 Å². The Labute approximate surface area is 129 Å². The monoisotopic (exact) mass is 310 g/mol. The first-order chi connectivity index (χ1) is 10.2. The molecule has 0 saturated carbocycles. The average molecular weight is 310 g/mol. The van der Waals surface area contributed by atoms with Crippen molar-refractivity contribution in [3.63, 3.8) is 0 Å². The number of esters is 1. The maximum Gasteiger partial charge on any atom is 0.328 e. The van der Waals surface area contributed by atoms with E-state index in [9.17, 15) is 9.59 Å². The van der Waals surface area contributed by atoms with Crippen LogP contribution in [-0.2, 0) is 16.0 Å². The molecule has 1 fully saturated rings. The molecule has 1 saturated heterocycles. The lowest BCUT2D eigenvalue weighted by molar-refractivity contribution is -0.149. The quantitative estimate of drug-likeness (QED) is 0.785.